The summed E-state index contributed by atoms with van der Waals surface area (Å²) < 4.78 is 5.97. The molecule has 0 aliphatic heterocycles. The van der Waals surface area contributed by atoms with E-state index in [1.165, 1.54) is 32.1 Å². The van der Waals surface area contributed by atoms with E-state index in [0.717, 1.165) is 36.1 Å². The number of rotatable bonds is 5. The van der Waals surface area contributed by atoms with Gasteiger partial charge in [-0.2, -0.15) is 4.98 Å². The summed E-state index contributed by atoms with van der Waals surface area (Å²) in [5.74, 6) is 3.17. The van der Waals surface area contributed by atoms with Crippen molar-refractivity contribution in [2.45, 2.75) is 52.4 Å². The molecule has 4 heteroatoms. The van der Waals surface area contributed by atoms with Crippen molar-refractivity contribution in [2.24, 2.45) is 5.92 Å². The molecule has 1 aliphatic carbocycles. The third kappa shape index (κ3) is 3.58. The zero-order valence-electron chi connectivity index (χ0n) is 12.3. The Morgan fingerprint density at radius 1 is 1.21 bits per heavy atom. The molecule has 0 bridgehead atoms. The number of nitrogens with one attached hydrogen (secondary N) is 1. The van der Waals surface area contributed by atoms with Crippen LogP contribution in [0.1, 0.15) is 50.4 Å². The second-order valence-corrected chi connectivity index (χ2v) is 5.34. The minimum atomic E-state index is 0.700. The molecular formula is C15H25N3O. The lowest BCUT2D eigenvalue weighted by molar-refractivity contribution is 0.201. The molecule has 0 atom stereocenters. The quantitative estimate of drug-likeness (QED) is 0.885. The van der Waals surface area contributed by atoms with Crippen LogP contribution in [0, 0.1) is 12.8 Å². The summed E-state index contributed by atoms with van der Waals surface area (Å²) in [6, 6.07) is 0. The predicted molar refractivity (Wildman–Crippen MR) is 77.8 cm³/mol. The SMILES string of the molecule is CCc1nc(NC)c(C)c(OCC2CCCCC2)n1. The Kier molecular flexibility index (Phi) is 5.00. The summed E-state index contributed by atoms with van der Waals surface area (Å²) in [6.45, 7) is 4.88. The summed E-state index contributed by atoms with van der Waals surface area (Å²) in [5.41, 5.74) is 1.01. The maximum atomic E-state index is 5.97. The molecule has 4 nitrogen and oxygen atoms in total. The van der Waals surface area contributed by atoms with E-state index in [2.05, 4.69) is 22.2 Å². The zero-order valence-corrected chi connectivity index (χ0v) is 12.3. The molecule has 0 aromatic carbocycles. The van der Waals surface area contributed by atoms with Gasteiger partial charge in [-0.1, -0.05) is 26.2 Å². The molecule has 0 unspecified atom stereocenters. The highest BCUT2D eigenvalue weighted by Gasteiger charge is 2.16. The van der Waals surface area contributed by atoms with Crippen LogP contribution in [-0.4, -0.2) is 23.6 Å². The number of aromatic nitrogens is 2. The molecule has 1 aliphatic rings. The number of hydrogen-bond acceptors (Lipinski definition) is 4. The Hall–Kier alpha value is -1.32. The van der Waals surface area contributed by atoms with Gasteiger partial charge in [0.1, 0.15) is 11.6 Å². The van der Waals surface area contributed by atoms with E-state index in [4.69, 9.17) is 4.74 Å². The minimum absolute atomic E-state index is 0.700. The monoisotopic (exact) mass is 263 g/mol. The second kappa shape index (κ2) is 6.73. The van der Waals surface area contributed by atoms with Gasteiger partial charge in [-0.3, -0.25) is 0 Å². The normalized spacial score (nSPS) is 16.4. The number of nitrogens with zero attached hydrogens (tertiary/aromatic N) is 2. The van der Waals surface area contributed by atoms with E-state index in [1.807, 2.05) is 14.0 Å². The average molecular weight is 263 g/mol. The van der Waals surface area contributed by atoms with Crippen LogP contribution < -0.4 is 10.1 Å². The first kappa shape index (κ1) is 14.1. The van der Waals surface area contributed by atoms with E-state index in [0.29, 0.717) is 5.92 Å². The van der Waals surface area contributed by atoms with Crippen molar-refractivity contribution in [3.05, 3.63) is 11.4 Å². The Bertz CT molecular complexity index is 414. The van der Waals surface area contributed by atoms with Crippen LogP contribution in [0.5, 0.6) is 5.88 Å². The van der Waals surface area contributed by atoms with Gasteiger partial charge in [0, 0.05) is 13.5 Å². The average Bonchev–Trinajstić information content (AvgIpc) is 2.47. The molecule has 0 spiro atoms. The minimum Gasteiger partial charge on any atom is -0.477 e. The van der Waals surface area contributed by atoms with Crippen LogP contribution in [0.25, 0.3) is 0 Å². The highest BCUT2D eigenvalue weighted by molar-refractivity contribution is 5.48. The van der Waals surface area contributed by atoms with E-state index >= 15 is 0 Å². The summed E-state index contributed by atoms with van der Waals surface area (Å²) in [4.78, 5) is 8.97. The molecule has 2 rings (SSSR count). The molecule has 19 heavy (non-hydrogen) atoms. The smallest absolute Gasteiger partial charge is 0.221 e. The lowest BCUT2D eigenvalue weighted by Crippen LogP contribution is -2.17. The second-order valence-electron chi connectivity index (χ2n) is 5.34. The lowest BCUT2D eigenvalue weighted by Gasteiger charge is -2.22. The fourth-order valence-corrected chi connectivity index (χ4v) is 2.63. The van der Waals surface area contributed by atoms with E-state index in [9.17, 15) is 0 Å². The summed E-state index contributed by atoms with van der Waals surface area (Å²) in [5, 5.41) is 3.12. The summed E-state index contributed by atoms with van der Waals surface area (Å²) >= 11 is 0. The van der Waals surface area contributed by atoms with Crippen LogP contribution >= 0.6 is 0 Å². The number of anilines is 1. The summed E-state index contributed by atoms with van der Waals surface area (Å²) in [7, 11) is 1.89. The lowest BCUT2D eigenvalue weighted by atomic mass is 9.90. The van der Waals surface area contributed by atoms with Crippen molar-refractivity contribution in [1.82, 2.24) is 9.97 Å². The van der Waals surface area contributed by atoms with Crippen LogP contribution in [0.2, 0.25) is 0 Å². The van der Waals surface area contributed by atoms with Crippen LogP contribution in [0.15, 0.2) is 0 Å². The highest BCUT2D eigenvalue weighted by atomic mass is 16.5. The first-order valence-electron chi connectivity index (χ1n) is 7.42. The van der Waals surface area contributed by atoms with Gasteiger partial charge in [0.15, 0.2) is 0 Å². The predicted octanol–water partition coefficient (Wildman–Crippen LogP) is 3.35. The molecule has 106 valence electrons. The topological polar surface area (TPSA) is 47.0 Å². The number of hydrogen-bond donors (Lipinski definition) is 1. The number of ether oxygens (including phenoxy) is 1. The molecule has 1 aromatic rings. The maximum absolute atomic E-state index is 5.97. The highest BCUT2D eigenvalue weighted by Crippen LogP contribution is 2.26. The molecule has 1 saturated carbocycles. The molecule has 1 N–H and O–H groups in total. The van der Waals surface area contributed by atoms with Gasteiger partial charge in [0.25, 0.3) is 0 Å². The van der Waals surface area contributed by atoms with Crippen molar-refractivity contribution in [3.8, 4) is 5.88 Å². The van der Waals surface area contributed by atoms with Gasteiger partial charge in [-0.15, -0.1) is 0 Å². The van der Waals surface area contributed by atoms with Gasteiger partial charge in [0.2, 0.25) is 5.88 Å². The molecule has 1 fully saturated rings. The molecule has 1 heterocycles. The van der Waals surface area contributed by atoms with E-state index in [-0.39, 0.29) is 0 Å². The third-order valence-corrected chi connectivity index (χ3v) is 3.88. The standard InChI is InChI=1S/C15H25N3O/c1-4-13-17-14(16-3)11(2)15(18-13)19-10-12-8-6-5-7-9-12/h12H,4-10H2,1-3H3,(H,16,17,18). The number of aryl methyl sites for hydroxylation is 1. The van der Waals surface area contributed by atoms with Crippen molar-refractivity contribution >= 4 is 5.82 Å². The van der Waals surface area contributed by atoms with Crippen LogP contribution in [0.3, 0.4) is 0 Å². The molecule has 0 amide bonds. The van der Waals surface area contributed by atoms with Crippen LogP contribution in [0.4, 0.5) is 5.82 Å². The van der Waals surface area contributed by atoms with Gasteiger partial charge in [-0.25, -0.2) is 4.98 Å². The first-order valence-corrected chi connectivity index (χ1v) is 7.42. The third-order valence-electron chi connectivity index (χ3n) is 3.88. The Morgan fingerprint density at radius 3 is 2.58 bits per heavy atom. The Labute approximate surface area is 116 Å². The Balaban J connectivity index is 2.05. The zero-order chi connectivity index (χ0) is 13.7. The van der Waals surface area contributed by atoms with Gasteiger partial charge < -0.3 is 10.1 Å². The molecule has 1 aromatic heterocycles. The van der Waals surface area contributed by atoms with Crippen molar-refractivity contribution in [3.63, 3.8) is 0 Å². The fourth-order valence-electron chi connectivity index (χ4n) is 2.63. The van der Waals surface area contributed by atoms with Gasteiger partial charge in [-0.05, 0) is 25.7 Å². The van der Waals surface area contributed by atoms with E-state index < -0.39 is 0 Å². The van der Waals surface area contributed by atoms with Crippen LogP contribution in [-0.2, 0) is 6.42 Å². The van der Waals surface area contributed by atoms with Crippen molar-refractivity contribution < 1.29 is 4.74 Å². The van der Waals surface area contributed by atoms with Gasteiger partial charge >= 0.3 is 0 Å². The van der Waals surface area contributed by atoms with Gasteiger partial charge in [0.05, 0.1) is 12.2 Å². The Morgan fingerprint density at radius 2 is 1.95 bits per heavy atom. The maximum Gasteiger partial charge on any atom is 0.221 e. The van der Waals surface area contributed by atoms with Crippen molar-refractivity contribution in [2.75, 3.05) is 19.0 Å². The van der Waals surface area contributed by atoms with Crippen molar-refractivity contribution in [1.29, 1.82) is 0 Å². The molecule has 0 saturated heterocycles. The van der Waals surface area contributed by atoms with E-state index in [1.54, 1.807) is 0 Å². The largest absolute Gasteiger partial charge is 0.477 e. The molecular weight excluding hydrogens is 238 g/mol. The summed E-state index contributed by atoms with van der Waals surface area (Å²) in [6.07, 6.45) is 7.49. The first-order chi connectivity index (χ1) is 9.24. The fraction of sp³-hybridized carbons (Fsp3) is 0.733. The molecule has 0 radical (unpaired) electrons.